The predicted molar refractivity (Wildman–Crippen MR) is 133 cm³/mol. The maximum Gasteiger partial charge on any atom is 0.533 e. The Bertz CT molecular complexity index is 1140. The van der Waals surface area contributed by atoms with Gasteiger partial charge in [0.05, 0.1) is 6.10 Å². The van der Waals surface area contributed by atoms with Crippen LogP contribution >= 0.6 is 12.0 Å². The lowest BCUT2D eigenvalue weighted by Crippen LogP contribution is -2.11. The van der Waals surface area contributed by atoms with Gasteiger partial charge in [-0.15, -0.1) is 13.2 Å². The molecule has 1 N–H and O–H groups in total. The minimum absolute atomic E-state index is 0.162. The molecule has 0 saturated carbocycles. The normalized spacial score (nSPS) is 13.0. The van der Waals surface area contributed by atoms with Gasteiger partial charge in [-0.25, -0.2) is 8.57 Å². The van der Waals surface area contributed by atoms with Gasteiger partial charge in [0.15, 0.2) is 0 Å². The molecule has 3 aromatic carbocycles. The molecular weight excluding hydrogens is 476 g/mol. The van der Waals surface area contributed by atoms with Crippen molar-refractivity contribution in [2.75, 3.05) is 0 Å². The zero-order valence-electron chi connectivity index (χ0n) is 20.4. The lowest BCUT2D eigenvalue weighted by molar-refractivity contribution is -0.266. The Labute approximate surface area is 208 Å². The summed E-state index contributed by atoms with van der Waals surface area (Å²) in [4.78, 5) is 0.341. The van der Waals surface area contributed by atoms with Gasteiger partial charge in [-0.2, -0.15) is 0 Å². The molecule has 0 saturated heterocycles. The van der Waals surface area contributed by atoms with Gasteiger partial charge in [-0.1, -0.05) is 58.0 Å². The van der Waals surface area contributed by atoms with E-state index in [1.54, 1.807) is 43.3 Å². The van der Waals surface area contributed by atoms with Crippen molar-refractivity contribution in [3.05, 3.63) is 88.2 Å². The van der Waals surface area contributed by atoms with Crippen LogP contribution in [0.2, 0.25) is 0 Å². The molecule has 1 unspecified atom stereocenters. The van der Waals surface area contributed by atoms with Gasteiger partial charge in [0, 0.05) is 16.9 Å². The van der Waals surface area contributed by atoms with E-state index in [1.807, 2.05) is 0 Å². The van der Waals surface area contributed by atoms with Gasteiger partial charge in [-0.05, 0) is 88.4 Å². The fourth-order valence-corrected chi connectivity index (χ4v) is 4.76. The van der Waals surface area contributed by atoms with E-state index in [4.69, 9.17) is 0 Å². The van der Waals surface area contributed by atoms with Crippen LogP contribution in [0, 0.1) is 5.82 Å². The first-order chi connectivity index (χ1) is 16.4. The van der Waals surface area contributed by atoms with Crippen molar-refractivity contribution >= 4 is 12.0 Å². The molecule has 0 amide bonds. The van der Waals surface area contributed by atoms with Crippen LogP contribution in [0.1, 0.15) is 80.4 Å². The van der Waals surface area contributed by atoms with Crippen molar-refractivity contribution in [3.63, 3.8) is 0 Å². The minimum Gasteiger partial charge on any atom is -0.389 e. The quantitative estimate of drug-likeness (QED) is 0.244. The van der Waals surface area contributed by atoms with Gasteiger partial charge >= 0.3 is 6.36 Å². The second-order valence-electron chi connectivity index (χ2n) is 9.25. The van der Waals surface area contributed by atoms with Crippen LogP contribution in [-0.4, -0.2) is 11.5 Å². The first-order valence-electron chi connectivity index (χ1n) is 11.5. The second kappa shape index (κ2) is 11.1. The lowest BCUT2D eigenvalue weighted by atomic mass is 9.78. The van der Waals surface area contributed by atoms with Crippen molar-refractivity contribution in [1.82, 2.24) is 0 Å². The largest absolute Gasteiger partial charge is 0.533 e. The van der Waals surface area contributed by atoms with Crippen LogP contribution in [0.5, 0.6) is 0 Å². The number of benzene rings is 3. The molecule has 7 heteroatoms. The second-order valence-corrected chi connectivity index (χ2v) is 10.1. The number of hydrogen-bond acceptors (Lipinski definition) is 3. The van der Waals surface area contributed by atoms with Crippen LogP contribution in [-0.2, 0) is 10.6 Å². The molecule has 0 aromatic heterocycles. The number of alkyl halides is 3. The third kappa shape index (κ3) is 6.87. The van der Waals surface area contributed by atoms with Crippen LogP contribution in [0.3, 0.4) is 0 Å². The maximum atomic E-state index is 13.8. The molecule has 0 heterocycles. The van der Waals surface area contributed by atoms with E-state index < -0.39 is 12.5 Å². The molecule has 3 rings (SSSR count). The Morgan fingerprint density at radius 1 is 0.857 bits per heavy atom. The molecule has 0 radical (unpaired) electrons. The fraction of sp³-hybridized carbons (Fsp3) is 0.357. The molecule has 1 atom stereocenters. The zero-order valence-corrected chi connectivity index (χ0v) is 21.2. The van der Waals surface area contributed by atoms with E-state index in [0.717, 1.165) is 38.9 Å². The number of aliphatic hydroxyl groups is 1. The molecule has 2 nitrogen and oxygen atoms in total. The average molecular weight is 507 g/mol. The molecule has 0 fully saturated rings. The van der Waals surface area contributed by atoms with Crippen molar-refractivity contribution in [2.24, 2.45) is 0 Å². The minimum atomic E-state index is -4.71. The lowest BCUT2D eigenvalue weighted by Gasteiger charge is -2.27. The highest BCUT2D eigenvalue weighted by molar-refractivity contribution is 7.94. The fourth-order valence-electron chi connectivity index (χ4n) is 4.33. The summed E-state index contributed by atoms with van der Waals surface area (Å²) in [5.74, 6) is 0.00205. The van der Waals surface area contributed by atoms with Crippen molar-refractivity contribution in [3.8, 4) is 11.1 Å². The van der Waals surface area contributed by atoms with Crippen LogP contribution in [0.15, 0.2) is 59.5 Å². The summed E-state index contributed by atoms with van der Waals surface area (Å²) in [6, 6.07) is 15.2. The smallest absolute Gasteiger partial charge is 0.389 e. The Morgan fingerprint density at radius 3 is 1.91 bits per heavy atom. The first-order valence-corrected chi connectivity index (χ1v) is 12.3. The van der Waals surface area contributed by atoms with Gasteiger partial charge in [0.2, 0.25) is 0 Å². The molecule has 3 aromatic rings. The molecular formula is C28H30F4O2S. The highest BCUT2D eigenvalue weighted by atomic mass is 32.2. The molecule has 188 valence electrons. The number of halogens is 4. The third-order valence-electron chi connectivity index (χ3n) is 5.87. The number of hydrogen-bond donors (Lipinski definition) is 1. The molecule has 0 aliphatic rings. The Hall–Kier alpha value is -2.35. The van der Waals surface area contributed by atoms with E-state index >= 15 is 0 Å². The molecule has 0 aliphatic heterocycles. The highest BCUT2D eigenvalue weighted by Gasteiger charge is 2.30. The van der Waals surface area contributed by atoms with E-state index in [2.05, 4.69) is 37.9 Å². The van der Waals surface area contributed by atoms with Gasteiger partial charge in [0.1, 0.15) is 5.82 Å². The van der Waals surface area contributed by atoms with Crippen molar-refractivity contribution in [2.45, 2.75) is 70.2 Å². The monoisotopic (exact) mass is 506 g/mol. The molecule has 0 aliphatic carbocycles. The summed E-state index contributed by atoms with van der Waals surface area (Å²) in [7, 11) is 0. The summed E-state index contributed by atoms with van der Waals surface area (Å²) in [6.07, 6.45) is -4.95. The topological polar surface area (TPSA) is 29.5 Å². The van der Waals surface area contributed by atoms with E-state index in [0.29, 0.717) is 11.3 Å². The van der Waals surface area contributed by atoms with Gasteiger partial charge in [0.25, 0.3) is 0 Å². The van der Waals surface area contributed by atoms with Crippen LogP contribution < -0.4 is 0 Å². The van der Waals surface area contributed by atoms with E-state index in [9.17, 15) is 22.7 Å². The third-order valence-corrected chi connectivity index (χ3v) is 6.61. The standard InChI is InChI=1S/C28H30F4O2S/c1-16(2)23-15-24(17(3)4)26(18(5)33)27(20-8-10-21(29)11-9-20)25(23)14-19-6-12-22(13-7-19)35-34-28(30,31)32/h6-13,15-18,33H,14H2,1-5H3. The molecule has 0 bridgehead atoms. The SMILES string of the molecule is CC(C)c1cc(C(C)C)c(C(C)O)c(-c2ccc(F)cc2)c1Cc1ccc(SOC(F)(F)F)cc1. The van der Waals surface area contributed by atoms with Crippen molar-refractivity contribution in [1.29, 1.82) is 0 Å². The number of aliphatic hydroxyl groups excluding tert-OH is 1. The number of rotatable bonds is 8. The summed E-state index contributed by atoms with van der Waals surface area (Å²) in [5, 5.41) is 10.8. The Balaban J connectivity index is 2.17. The van der Waals surface area contributed by atoms with Gasteiger partial charge in [-0.3, -0.25) is 0 Å². The zero-order chi connectivity index (χ0) is 25.9. The Morgan fingerprint density at radius 2 is 1.43 bits per heavy atom. The summed E-state index contributed by atoms with van der Waals surface area (Å²) in [6.45, 7) is 10.1. The summed E-state index contributed by atoms with van der Waals surface area (Å²) in [5.41, 5.74) is 6.59. The predicted octanol–water partition coefficient (Wildman–Crippen LogP) is 8.93. The summed E-state index contributed by atoms with van der Waals surface area (Å²) < 4.78 is 54.7. The van der Waals surface area contributed by atoms with Crippen molar-refractivity contribution < 1.29 is 26.9 Å². The first kappa shape index (κ1) is 27.2. The average Bonchev–Trinajstić information content (AvgIpc) is 2.77. The van der Waals surface area contributed by atoms with Crippen LogP contribution in [0.4, 0.5) is 17.6 Å². The van der Waals surface area contributed by atoms with E-state index in [-0.39, 0.29) is 29.7 Å². The molecule has 35 heavy (non-hydrogen) atoms. The maximum absolute atomic E-state index is 13.8. The van der Waals surface area contributed by atoms with E-state index in [1.165, 1.54) is 12.1 Å². The molecule has 0 spiro atoms. The highest BCUT2D eigenvalue weighted by Crippen LogP contribution is 2.42. The van der Waals surface area contributed by atoms with Crippen LogP contribution in [0.25, 0.3) is 11.1 Å². The Kier molecular flexibility index (Phi) is 8.67. The van der Waals surface area contributed by atoms with Gasteiger partial charge < -0.3 is 5.11 Å². The summed E-state index contributed by atoms with van der Waals surface area (Å²) >= 11 is 0.270.